The summed E-state index contributed by atoms with van der Waals surface area (Å²) in [7, 11) is 0. The number of hydrogen-bond acceptors (Lipinski definition) is 2. The van der Waals surface area contributed by atoms with Gasteiger partial charge in [-0.1, -0.05) is 18.2 Å². The third-order valence-corrected chi connectivity index (χ3v) is 2.89. The zero-order valence-corrected chi connectivity index (χ0v) is 8.12. The van der Waals surface area contributed by atoms with Gasteiger partial charge in [-0.25, -0.2) is 4.79 Å². The van der Waals surface area contributed by atoms with Crippen LogP contribution in [0.3, 0.4) is 0 Å². The van der Waals surface area contributed by atoms with E-state index in [0.717, 1.165) is 21.7 Å². The van der Waals surface area contributed by atoms with E-state index in [-0.39, 0.29) is 0 Å². The fraction of sp³-hybridized carbons (Fsp3) is 0. The first-order chi connectivity index (χ1) is 6.77. The quantitative estimate of drug-likeness (QED) is 0.763. The second kappa shape index (κ2) is 3.64. The van der Waals surface area contributed by atoms with Crippen molar-refractivity contribution in [1.82, 2.24) is 0 Å². The fourth-order valence-corrected chi connectivity index (χ4v) is 2.20. The molecule has 0 fully saturated rings. The van der Waals surface area contributed by atoms with Gasteiger partial charge in [0.25, 0.3) is 0 Å². The molecule has 2 nitrogen and oxygen atoms in total. The van der Waals surface area contributed by atoms with Crippen molar-refractivity contribution in [3.05, 3.63) is 41.3 Å². The van der Waals surface area contributed by atoms with Crippen molar-refractivity contribution in [2.75, 3.05) is 0 Å². The molecule has 1 aromatic heterocycles. The van der Waals surface area contributed by atoms with Crippen molar-refractivity contribution >= 4 is 33.5 Å². The number of aliphatic carboxylic acids is 1. The Kier molecular flexibility index (Phi) is 2.33. The van der Waals surface area contributed by atoms with Crippen molar-refractivity contribution in [2.24, 2.45) is 0 Å². The highest BCUT2D eigenvalue weighted by Crippen LogP contribution is 2.25. The van der Waals surface area contributed by atoms with Crippen LogP contribution in [0, 0.1) is 0 Å². The van der Waals surface area contributed by atoms with E-state index in [1.807, 2.05) is 29.6 Å². The summed E-state index contributed by atoms with van der Waals surface area (Å²) in [5, 5.41) is 11.7. The zero-order valence-electron chi connectivity index (χ0n) is 7.31. The molecular formula is C11H8O2S. The van der Waals surface area contributed by atoms with Gasteiger partial charge in [0, 0.05) is 10.8 Å². The molecule has 0 aliphatic heterocycles. The number of carboxylic acids is 1. The van der Waals surface area contributed by atoms with E-state index in [9.17, 15) is 4.79 Å². The number of thiophene rings is 1. The summed E-state index contributed by atoms with van der Waals surface area (Å²) in [6.07, 6.45) is 2.79. The average Bonchev–Trinajstić information content (AvgIpc) is 2.62. The van der Waals surface area contributed by atoms with Crippen LogP contribution in [0.15, 0.2) is 35.7 Å². The highest BCUT2D eigenvalue weighted by atomic mass is 32.1. The minimum absolute atomic E-state index is 0.918. The highest BCUT2D eigenvalue weighted by molar-refractivity contribution is 7.17. The lowest BCUT2D eigenvalue weighted by Crippen LogP contribution is -1.85. The second-order valence-electron chi connectivity index (χ2n) is 2.86. The number of benzene rings is 1. The first-order valence-corrected chi connectivity index (χ1v) is 5.02. The van der Waals surface area contributed by atoms with Crippen molar-refractivity contribution < 1.29 is 9.90 Å². The molecule has 14 heavy (non-hydrogen) atoms. The van der Waals surface area contributed by atoms with Crippen LogP contribution >= 0.6 is 11.3 Å². The maximum atomic E-state index is 10.4. The van der Waals surface area contributed by atoms with Gasteiger partial charge in [-0.05, 0) is 28.5 Å². The molecule has 2 aromatic rings. The summed E-state index contributed by atoms with van der Waals surface area (Å²) < 4.78 is 1.13. The van der Waals surface area contributed by atoms with Crippen LogP contribution in [0.25, 0.3) is 16.2 Å². The Morgan fingerprint density at radius 1 is 1.36 bits per heavy atom. The number of hydrogen-bond donors (Lipinski definition) is 1. The van der Waals surface area contributed by atoms with E-state index in [4.69, 9.17) is 5.11 Å². The Morgan fingerprint density at radius 2 is 2.21 bits per heavy atom. The van der Waals surface area contributed by atoms with Crippen LogP contribution in [-0.2, 0) is 4.79 Å². The summed E-state index contributed by atoms with van der Waals surface area (Å²) in [4.78, 5) is 10.4. The van der Waals surface area contributed by atoms with Crippen molar-refractivity contribution in [2.45, 2.75) is 0 Å². The molecule has 0 saturated heterocycles. The second-order valence-corrected chi connectivity index (χ2v) is 3.77. The van der Waals surface area contributed by atoms with Gasteiger partial charge in [0.15, 0.2) is 0 Å². The van der Waals surface area contributed by atoms with Crippen molar-refractivity contribution in [3.63, 3.8) is 0 Å². The molecule has 0 aliphatic carbocycles. The molecule has 0 spiro atoms. The maximum Gasteiger partial charge on any atom is 0.328 e. The predicted octanol–water partition coefficient (Wildman–Crippen LogP) is 3.00. The van der Waals surface area contributed by atoms with Gasteiger partial charge < -0.3 is 5.11 Å². The van der Waals surface area contributed by atoms with Crippen molar-refractivity contribution in [1.29, 1.82) is 0 Å². The zero-order chi connectivity index (χ0) is 9.97. The third-order valence-electron chi connectivity index (χ3n) is 1.91. The lowest BCUT2D eigenvalue weighted by molar-refractivity contribution is -0.131. The standard InChI is InChI=1S/C11H8O2S/c12-10(13)5-4-8-2-1-3-9-6-7-14-11(8)9/h1-7H,(H,12,13)/b5-4+. The number of carboxylic acid groups (broad SMARTS) is 1. The minimum Gasteiger partial charge on any atom is -0.478 e. The Bertz CT molecular complexity index is 497. The molecular weight excluding hydrogens is 196 g/mol. The maximum absolute atomic E-state index is 10.4. The molecule has 0 radical (unpaired) electrons. The van der Waals surface area contributed by atoms with Crippen LogP contribution in [0.1, 0.15) is 5.56 Å². The first-order valence-electron chi connectivity index (χ1n) is 4.14. The molecule has 3 heteroatoms. The molecule has 1 heterocycles. The van der Waals surface area contributed by atoms with Gasteiger partial charge >= 0.3 is 5.97 Å². The van der Waals surface area contributed by atoms with Gasteiger partial charge in [-0.15, -0.1) is 11.3 Å². The first kappa shape index (κ1) is 8.97. The van der Waals surface area contributed by atoms with Gasteiger partial charge in [-0.2, -0.15) is 0 Å². The van der Waals surface area contributed by atoms with Crippen molar-refractivity contribution in [3.8, 4) is 0 Å². The highest BCUT2D eigenvalue weighted by Gasteiger charge is 1.98. The van der Waals surface area contributed by atoms with Crippen LogP contribution in [0.2, 0.25) is 0 Å². The topological polar surface area (TPSA) is 37.3 Å². The summed E-state index contributed by atoms with van der Waals surface area (Å²) in [5.41, 5.74) is 0.958. The number of fused-ring (bicyclic) bond motifs is 1. The number of rotatable bonds is 2. The largest absolute Gasteiger partial charge is 0.478 e. The normalized spacial score (nSPS) is 11.1. The molecule has 0 aliphatic rings. The third kappa shape index (κ3) is 1.67. The van der Waals surface area contributed by atoms with E-state index >= 15 is 0 Å². The summed E-state index contributed by atoms with van der Waals surface area (Å²) in [5.74, 6) is -0.918. The van der Waals surface area contributed by atoms with Gasteiger partial charge in [-0.3, -0.25) is 0 Å². The Hall–Kier alpha value is -1.61. The lowest BCUT2D eigenvalue weighted by Gasteiger charge is -1.94. The summed E-state index contributed by atoms with van der Waals surface area (Å²) in [6.45, 7) is 0. The van der Waals surface area contributed by atoms with Crippen LogP contribution in [0.5, 0.6) is 0 Å². The average molecular weight is 204 g/mol. The van der Waals surface area contributed by atoms with E-state index in [1.165, 1.54) is 0 Å². The molecule has 1 aromatic carbocycles. The van der Waals surface area contributed by atoms with Gasteiger partial charge in [0.1, 0.15) is 0 Å². The molecule has 0 saturated carbocycles. The fourth-order valence-electron chi connectivity index (χ4n) is 1.31. The lowest BCUT2D eigenvalue weighted by atomic mass is 10.1. The SMILES string of the molecule is O=C(O)/C=C/c1cccc2ccsc12. The Balaban J connectivity index is 2.51. The molecule has 2 rings (SSSR count). The molecule has 0 amide bonds. The van der Waals surface area contributed by atoms with Gasteiger partial charge in [0.05, 0.1) is 0 Å². The van der Waals surface area contributed by atoms with Gasteiger partial charge in [0.2, 0.25) is 0 Å². The molecule has 70 valence electrons. The van der Waals surface area contributed by atoms with E-state index in [1.54, 1.807) is 17.4 Å². The van der Waals surface area contributed by atoms with Crippen LogP contribution in [-0.4, -0.2) is 11.1 Å². The Morgan fingerprint density at radius 3 is 3.00 bits per heavy atom. The number of carbonyl (C=O) groups is 1. The molecule has 0 unspecified atom stereocenters. The van der Waals surface area contributed by atoms with E-state index in [0.29, 0.717) is 0 Å². The summed E-state index contributed by atoms with van der Waals surface area (Å²) in [6, 6.07) is 7.89. The van der Waals surface area contributed by atoms with E-state index < -0.39 is 5.97 Å². The molecule has 0 atom stereocenters. The monoisotopic (exact) mass is 204 g/mol. The molecule has 1 N–H and O–H groups in total. The minimum atomic E-state index is -0.918. The predicted molar refractivity (Wildman–Crippen MR) is 58.5 cm³/mol. The van der Waals surface area contributed by atoms with E-state index in [2.05, 4.69) is 0 Å². The van der Waals surface area contributed by atoms with Crippen LogP contribution in [0.4, 0.5) is 0 Å². The smallest absolute Gasteiger partial charge is 0.328 e. The summed E-state index contributed by atoms with van der Waals surface area (Å²) >= 11 is 1.62. The Labute approximate surface area is 85.1 Å². The van der Waals surface area contributed by atoms with Crippen LogP contribution < -0.4 is 0 Å². The molecule has 0 bridgehead atoms.